The van der Waals surface area contributed by atoms with Gasteiger partial charge in [0.25, 0.3) is 0 Å². The van der Waals surface area contributed by atoms with Crippen LogP contribution in [0.1, 0.15) is 34.9 Å². The van der Waals surface area contributed by atoms with E-state index in [1.54, 1.807) is 24.3 Å². The molecule has 0 saturated heterocycles. The lowest BCUT2D eigenvalue weighted by molar-refractivity contribution is -0.118. The minimum Gasteiger partial charge on any atom is -0.295 e. The van der Waals surface area contributed by atoms with Crippen LogP contribution in [0.5, 0.6) is 0 Å². The first-order chi connectivity index (χ1) is 15.1. The van der Waals surface area contributed by atoms with Gasteiger partial charge in [-0.05, 0) is 34.9 Å². The molecule has 150 valence electrons. The van der Waals surface area contributed by atoms with Crippen molar-refractivity contribution in [2.45, 2.75) is 18.3 Å². The first-order valence-electron chi connectivity index (χ1n) is 10.0. The van der Waals surface area contributed by atoms with Crippen LogP contribution in [-0.4, -0.2) is 5.78 Å². The summed E-state index contributed by atoms with van der Waals surface area (Å²) in [4.78, 5) is 13.4. The van der Waals surface area contributed by atoms with Crippen molar-refractivity contribution in [3.8, 4) is 12.1 Å². The minimum absolute atomic E-state index is 0.0567. The summed E-state index contributed by atoms with van der Waals surface area (Å²) >= 11 is 6.10. The van der Waals surface area contributed by atoms with Gasteiger partial charge < -0.3 is 0 Å². The molecule has 0 unspecified atom stereocenters. The van der Waals surface area contributed by atoms with E-state index in [4.69, 9.17) is 11.6 Å². The molecule has 4 rings (SSSR count). The smallest absolute Gasteiger partial charge is 0.161 e. The number of halogens is 1. The van der Waals surface area contributed by atoms with Gasteiger partial charge in [-0.1, -0.05) is 84.4 Å². The Morgan fingerprint density at radius 3 is 2.00 bits per heavy atom. The van der Waals surface area contributed by atoms with Crippen LogP contribution in [0.2, 0.25) is 5.02 Å². The van der Waals surface area contributed by atoms with Crippen LogP contribution in [0.3, 0.4) is 0 Å². The zero-order valence-corrected chi connectivity index (χ0v) is 17.5. The molecule has 0 radical (unpaired) electrons. The number of Topliss-reactive ketones (excluding diaryl/α,β-unsaturated/α-hetero) is 1. The molecule has 0 aromatic heterocycles. The topological polar surface area (TPSA) is 64.7 Å². The second kappa shape index (κ2) is 8.60. The standard InChI is InChI=1S/C27H19ClN2O/c28-22-13-11-21(12-14-22)26-23(15-19-7-3-1-4-8-19)25(31)16-24(27(26,17-29)18-30)20-9-5-2-6-10-20/h1-15,24,26H,16H2/b23-15+/t24-,26+/m0/s1. The third-order valence-electron chi connectivity index (χ3n) is 5.92. The van der Waals surface area contributed by atoms with Crippen molar-refractivity contribution in [3.63, 3.8) is 0 Å². The Bertz CT molecular complexity index is 1190. The SMILES string of the molecule is N#CC1(C#N)[C@H](c2ccccc2)CC(=O)/C(=C\c2ccccc2)[C@H]1c1ccc(Cl)cc1. The highest BCUT2D eigenvalue weighted by Gasteiger charge is 2.55. The van der Waals surface area contributed by atoms with Gasteiger partial charge in [0.05, 0.1) is 12.1 Å². The predicted octanol–water partition coefficient (Wildman–Crippen LogP) is 6.30. The van der Waals surface area contributed by atoms with E-state index in [0.717, 1.165) is 16.7 Å². The number of rotatable bonds is 3. The molecule has 2 atom stereocenters. The summed E-state index contributed by atoms with van der Waals surface area (Å²) in [6, 6.07) is 30.6. The molecule has 1 aliphatic rings. The van der Waals surface area contributed by atoms with Gasteiger partial charge in [-0.25, -0.2) is 0 Å². The maximum atomic E-state index is 13.4. The lowest BCUT2D eigenvalue weighted by atomic mass is 9.55. The third-order valence-corrected chi connectivity index (χ3v) is 6.18. The first kappa shape index (κ1) is 20.6. The number of nitrogens with zero attached hydrogens (tertiary/aromatic N) is 2. The van der Waals surface area contributed by atoms with Gasteiger partial charge in [0.1, 0.15) is 0 Å². The number of carbonyl (C=O) groups is 1. The van der Waals surface area contributed by atoms with Gasteiger partial charge in [0.15, 0.2) is 11.2 Å². The quantitative estimate of drug-likeness (QED) is 0.465. The molecule has 0 bridgehead atoms. The van der Waals surface area contributed by atoms with E-state index in [0.29, 0.717) is 10.6 Å². The molecule has 3 aromatic carbocycles. The summed E-state index contributed by atoms with van der Waals surface area (Å²) < 4.78 is 0. The molecule has 0 N–H and O–H groups in total. The lowest BCUT2D eigenvalue weighted by Crippen LogP contribution is -2.41. The first-order valence-corrected chi connectivity index (χ1v) is 10.4. The molecular weight excluding hydrogens is 404 g/mol. The van der Waals surface area contributed by atoms with E-state index in [1.165, 1.54) is 0 Å². The molecule has 3 aromatic rings. The number of nitriles is 2. The zero-order valence-electron chi connectivity index (χ0n) is 16.7. The number of allylic oxidation sites excluding steroid dienone is 1. The van der Waals surface area contributed by atoms with E-state index in [1.807, 2.05) is 66.7 Å². The van der Waals surface area contributed by atoms with Crippen LogP contribution >= 0.6 is 11.6 Å². The second-order valence-electron chi connectivity index (χ2n) is 7.68. The molecule has 0 spiro atoms. The van der Waals surface area contributed by atoms with E-state index >= 15 is 0 Å². The molecule has 1 fully saturated rings. The van der Waals surface area contributed by atoms with Crippen molar-refractivity contribution < 1.29 is 4.79 Å². The summed E-state index contributed by atoms with van der Waals surface area (Å²) in [6.45, 7) is 0. The van der Waals surface area contributed by atoms with Gasteiger partial charge in [-0.3, -0.25) is 4.79 Å². The molecule has 0 aliphatic heterocycles. The molecular formula is C27H19ClN2O. The molecule has 1 saturated carbocycles. The van der Waals surface area contributed by atoms with Gasteiger partial charge in [0.2, 0.25) is 0 Å². The fraction of sp³-hybridized carbons (Fsp3) is 0.148. The minimum atomic E-state index is -1.44. The highest BCUT2D eigenvalue weighted by atomic mass is 35.5. The summed E-state index contributed by atoms with van der Waals surface area (Å²) in [7, 11) is 0. The van der Waals surface area contributed by atoms with Crippen LogP contribution in [0.15, 0.2) is 90.5 Å². The van der Waals surface area contributed by atoms with Gasteiger partial charge in [-0.15, -0.1) is 0 Å². The Balaban J connectivity index is 1.97. The van der Waals surface area contributed by atoms with Gasteiger partial charge in [-0.2, -0.15) is 10.5 Å². The second-order valence-corrected chi connectivity index (χ2v) is 8.11. The summed E-state index contributed by atoms with van der Waals surface area (Å²) in [5.41, 5.74) is 1.43. The number of benzene rings is 3. The number of hydrogen-bond acceptors (Lipinski definition) is 3. The van der Waals surface area contributed by atoms with Crippen molar-refractivity contribution in [1.29, 1.82) is 10.5 Å². The normalized spacial score (nSPS) is 21.3. The fourth-order valence-electron chi connectivity index (χ4n) is 4.44. The Morgan fingerprint density at radius 1 is 0.839 bits per heavy atom. The van der Waals surface area contributed by atoms with Crippen LogP contribution < -0.4 is 0 Å². The Morgan fingerprint density at radius 2 is 1.42 bits per heavy atom. The van der Waals surface area contributed by atoms with Crippen molar-refractivity contribution in [1.82, 2.24) is 0 Å². The highest BCUT2D eigenvalue weighted by molar-refractivity contribution is 6.30. The Labute approximate surface area is 186 Å². The molecule has 31 heavy (non-hydrogen) atoms. The van der Waals surface area contributed by atoms with Crippen LogP contribution in [0.25, 0.3) is 6.08 Å². The summed E-state index contributed by atoms with van der Waals surface area (Å²) in [5.74, 6) is -1.30. The fourth-order valence-corrected chi connectivity index (χ4v) is 4.56. The Kier molecular flexibility index (Phi) is 5.72. The predicted molar refractivity (Wildman–Crippen MR) is 121 cm³/mol. The molecule has 0 heterocycles. The van der Waals surface area contributed by atoms with Crippen LogP contribution in [0.4, 0.5) is 0 Å². The van der Waals surface area contributed by atoms with Gasteiger partial charge in [0, 0.05) is 28.9 Å². The number of carbonyl (C=O) groups excluding carboxylic acids is 1. The monoisotopic (exact) mass is 422 g/mol. The summed E-state index contributed by atoms with van der Waals surface area (Å²) in [5, 5.41) is 21.3. The maximum absolute atomic E-state index is 13.4. The number of hydrogen-bond donors (Lipinski definition) is 0. The van der Waals surface area contributed by atoms with Crippen LogP contribution in [-0.2, 0) is 4.79 Å². The van der Waals surface area contributed by atoms with Crippen molar-refractivity contribution in [3.05, 3.63) is 112 Å². The van der Waals surface area contributed by atoms with Crippen molar-refractivity contribution in [2.24, 2.45) is 5.41 Å². The Hall–Kier alpha value is -3.66. The van der Waals surface area contributed by atoms with E-state index in [9.17, 15) is 15.3 Å². The highest BCUT2D eigenvalue weighted by Crippen LogP contribution is 2.55. The molecule has 1 aliphatic carbocycles. The average Bonchev–Trinajstić information content (AvgIpc) is 2.82. The molecule has 0 amide bonds. The van der Waals surface area contributed by atoms with Crippen molar-refractivity contribution in [2.75, 3.05) is 0 Å². The van der Waals surface area contributed by atoms with Crippen LogP contribution in [0, 0.1) is 28.1 Å². The van der Waals surface area contributed by atoms with Gasteiger partial charge >= 0.3 is 0 Å². The molecule has 3 nitrogen and oxygen atoms in total. The lowest BCUT2D eigenvalue weighted by Gasteiger charge is -2.41. The van der Waals surface area contributed by atoms with Crippen molar-refractivity contribution >= 4 is 23.5 Å². The third kappa shape index (κ3) is 3.77. The van der Waals surface area contributed by atoms with E-state index in [2.05, 4.69) is 12.1 Å². The summed E-state index contributed by atoms with van der Waals surface area (Å²) in [6.07, 6.45) is 1.92. The maximum Gasteiger partial charge on any atom is 0.161 e. The molecule has 4 heteroatoms. The average molecular weight is 423 g/mol. The van der Waals surface area contributed by atoms with E-state index < -0.39 is 17.3 Å². The number of ketones is 1. The van der Waals surface area contributed by atoms with E-state index in [-0.39, 0.29) is 12.2 Å². The zero-order chi connectivity index (χ0) is 21.8. The largest absolute Gasteiger partial charge is 0.295 e.